The van der Waals surface area contributed by atoms with Crippen LogP contribution in [0.4, 0.5) is 20.2 Å². The van der Waals surface area contributed by atoms with Crippen molar-refractivity contribution in [2.24, 2.45) is 5.92 Å². The average molecular weight is 214 g/mol. The van der Waals surface area contributed by atoms with Gasteiger partial charge in [-0.1, -0.05) is 13.8 Å². The Balaban J connectivity index is 3.00. The van der Waals surface area contributed by atoms with E-state index in [1.807, 2.05) is 0 Å². The Bertz CT molecular complexity index is 368. The molecule has 0 atom stereocenters. The minimum atomic E-state index is -0.874. The van der Waals surface area contributed by atoms with Gasteiger partial charge in [-0.25, -0.2) is 8.78 Å². The maximum Gasteiger partial charge on any atom is 0.227 e. The number of rotatable bonds is 2. The first-order valence-corrected chi connectivity index (χ1v) is 4.47. The number of carbonyl (C=O) groups excluding carboxylic acids is 1. The lowest BCUT2D eigenvalue weighted by Crippen LogP contribution is -2.19. The van der Waals surface area contributed by atoms with Crippen LogP contribution in [0.1, 0.15) is 13.8 Å². The van der Waals surface area contributed by atoms with Crippen molar-refractivity contribution in [3.8, 4) is 0 Å². The van der Waals surface area contributed by atoms with Gasteiger partial charge in [0.05, 0.1) is 5.69 Å². The first kappa shape index (κ1) is 11.4. The Morgan fingerprint density at radius 2 is 2.00 bits per heavy atom. The van der Waals surface area contributed by atoms with Crippen molar-refractivity contribution in [2.75, 3.05) is 11.1 Å². The Kier molecular flexibility index (Phi) is 3.24. The fourth-order valence-corrected chi connectivity index (χ4v) is 0.993. The SMILES string of the molecule is CC(C)C(=O)Nc1c(N)cc(F)cc1F. The Morgan fingerprint density at radius 1 is 1.40 bits per heavy atom. The first-order chi connectivity index (χ1) is 6.91. The normalized spacial score (nSPS) is 10.5. The van der Waals surface area contributed by atoms with Crippen LogP contribution < -0.4 is 11.1 Å². The minimum absolute atomic E-state index is 0.124. The van der Waals surface area contributed by atoms with Crippen LogP contribution >= 0.6 is 0 Å². The predicted molar refractivity (Wildman–Crippen MR) is 54.2 cm³/mol. The number of halogens is 2. The van der Waals surface area contributed by atoms with E-state index in [9.17, 15) is 13.6 Å². The zero-order chi connectivity index (χ0) is 11.6. The first-order valence-electron chi connectivity index (χ1n) is 4.47. The van der Waals surface area contributed by atoms with E-state index in [-0.39, 0.29) is 23.2 Å². The molecule has 82 valence electrons. The molecule has 0 heterocycles. The van der Waals surface area contributed by atoms with Gasteiger partial charge < -0.3 is 11.1 Å². The number of hydrogen-bond acceptors (Lipinski definition) is 2. The van der Waals surface area contributed by atoms with E-state index in [1.165, 1.54) is 0 Å². The summed E-state index contributed by atoms with van der Waals surface area (Å²) in [6.07, 6.45) is 0. The standard InChI is InChI=1S/C10H12F2N2O/c1-5(2)10(15)14-9-7(12)3-6(11)4-8(9)13/h3-5H,13H2,1-2H3,(H,14,15). The van der Waals surface area contributed by atoms with Crippen LogP contribution in [0.15, 0.2) is 12.1 Å². The average Bonchev–Trinajstić information content (AvgIpc) is 2.10. The van der Waals surface area contributed by atoms with E-state index in [0.29, 0.717) is 6.07 Å². The van der Waals surface area contributed by atoms with Gasteiger partial charge in [0.15, 0.2) is 5.82 Å². The van der Waals surface area contributed by atoms with E-state index in [2.05, 4.69) is 5.32 Å². The van der Waals surface area contributed by atoms with Crippen LogP contribution in [0.3, 0.4) is 0 Å². The summed E-state index contributed by atoms with van der Waals surface area (Å²) in [6, 6.07) is 1.63. The molecule has 1 rings (SSSR count). The summed E-state index contributed by atoms with van der Waals surface area (Å²) in [5.74, 6) is -2.31. The number of nitrogens with one attached hydrogen (secondary N) is 1. The highest BCUT2D eigenvalue weighted by Gasteiger charge is 2.14. The third kappa shape index (κ3) is 2.65. The van der Waals surface area contributed by atoms with E-state index in [0.717, 1.165) is 6.07 Å². The highest BCUT2D eigenvalue weighted by atomic mass is 19.1. The van der Waals surface area contributed by atoms with Crippen LogP contribution in [0, 0.1) is 17.6 Å². The van der Waals surface area contributed by atoms with Crippen molar-refractivity contribution in [1.82, 2.24) is 0 Å². The Labute approximate surface area is 86.3 Å². The van der Waals surface area contributed by atoms with Crippen LogP contribution in [-0.2, 0) is 4.79 Å². The van der Waals surface area contributed by atoms with Crippen molar-refractivity contribution < 1.29 is 13.6 Å². The van der Waals surface area contributed by atoms with E-state index in [1.54, 1.807) is 13.8 Å². The molecule has 0 bridgehead atoms. The van der Waals surface area contributed by atoms with Crippen LogP contribution in [0.2, 0.25) is 0 Å². The van der Waals surface area contributed by atoms with Gasteiger partial charge in [-0.15, -0.1) is 0 Å². The van der Waals surface area contributed by atoms with Crippen molar-refractivity contribution in [3.63, 3.8) is 0 Å². The zero-order valence-corrected chi connectivity index (χ0v) is 8.47. The topological polar surface area (TPSA) is 55.1 Å². The molecule has 0 unspecified atom stereocenters. The molecule has 15 heavy (non-hydrogen) atoms. The van der Waals surface area contributed by atoms with Gasteiger partial charge in [-0.3, -0.25) is 4.79 Å². The zero-order valence-electron chi connectivity index (χ0n) is 8.47. The monoisotopic (exact) mass is 214 g/mol. The molecule has 0 saturated heterocycles. The van der Waals surface area contributed by atoms with Crippen molar-refractivity contribution in [1.29, 1.82) is 0 Å². The molecule has 0 fully saturated rings. The second-order valence-electron chi connectivity index (χ2n) is 3.50. The summed E-state index contributed by atoms with van der Waals surface area (Å²) in [4.78, 5) is 11.3. The van der Waals surface area contributed by atoms with Crippen LogP contribution in [-0.4, -0.2) is 5.91 Å². The number of benzene rings is 1. The molecule has 3 N–H and O–H groups in total. The molecule has 1 aromatic carbocycles. The maximum absolute atomic E-state index is 13.2. The summed E-state index contributed by atoms with van der Waals surface area (Å²) in [6.45, 7) is 3.32. The molecule has 0 aliphatic heterocycles. The van der Waals surface area contributed by atoms with Crippen molar-refractivity contribution >= 4 is 17.3 Å². The van der Waals surface area contributed by atoms with Crippen molar-refractivity contribution in [3.05, 3.63) is 23.8 Å². The number of carbonyl (C=O) groups is 1. The predicted octanol–water partition coefficient (Wildman–Crippen LogP) is 2.14. The third-order valence-electron chi connectivity index (χ3n) is 1.86. The van der Waals surface area contributed by atoms with E-state index in [4.69, 9.17) is 5.73 Å². The Hall–Kier alpha value is -1.65. The number of nitrogen functional groups attached to an aromatic ring is 1. The van der Waals surface area contributed by atoms with Gasteiger partial charge in [0.25, 0.3) is 0 Å². The molecular weight excluding hydrogens is 202 g/mol. The fraction of sp³-hybridized carbons (Fsp3) is 0.300. The summed E-state index contributed by atoms with van der Waals surface area (Å²) >= 11 is 0. The highest BCUT2D eigenvalue weighted by molar-refractivity contribution is 5.95. The maximum atomic E-state index is 13.2. The number of hydrogen-bond donors (Lipinski definition) is 2. The smallest absolute Gasteiger partial charge is 0.227 e. The molecular formula is C10H12F2N2O. The van der Waals surface area contributed by atoms with Gasteiger partial charge in [0.2, 0.25) is 5.91 Å². The molecule has 0 spiro atoms. The second-order valence-corrected chi connectivity index (χ2v) is 3.50. The minimum Gasteiger partial charge on any atom is -0.397 e. The van der Waals surface area contributed by atoms with Crippen LogP contribution in [0.5, 0.6) is 0 Å². The molecule has 0 aliphatic rings. The molecule has 0 aromatic heterocycles. The lowest BCUT2D eigenvalue weighted by molar-refractivity contribution is -0.118. The largest absolute Gasteiger partial charge is 0.397 e. The molecule has 5 heteroatoms. The second kappa shape index (κ2) is 4.25. The molecule has 1 amide bonds. The molecule has 0 aliphatic carbocycles. The van der Waals surface area contributed by atoms with Crippen LogP contribution in [0.25, 0.3) is 0 Å². The van der Waals surface area contributed by atoms with Gasteiger partial charge in [-0.05, 0) is 6.07 Å². The highest BCUT2D eigenvalue weighted by Crippen LogP contribution is 2.24. The van der Waals surface area contributed by atoms with Gasteiger partial charge in [-0.2, -0.15) is 0 Å². The third-order valence-corrected chi connectivity index (χ3v) is 1.86. The van der Waals surface area contributed by atoms with E-state index < -0.39 is 11.6 Å². The summed E-state index contributed by atoms with van der Waals surface area (Å²) in [5, 5.41) is 2.30. The van der Waals surface area contributed by atoms with Gasteiger partial charge in [0.1, 0.15) is 11.5 Å². The molecule has 3 nitrogen and oxygen atoms in total. The summed E-state index contributed by atoms with van der Waals surface area (Å²) in [5.41, 5.74) is 5.08. The molecule has 1 aromatic rings. The lowest BCUT2D eigenvalue weighted by Gasteiger charge is -2.11. The number of anilines is 2. The summed E-state index contributed by atoms with van der Waals surface area (Å²) < 4.78 is 25.9. The fourth-order valence-electron chi connectivity index (χ4n) is 0.993. The number of nitrogens with two attached hydrogens (primary N) is 1. The van der Waals surface area contributed by atoms with Gasteiger partial charge >= 0.3 is 0 Å². The molecule has 0 radical (unpaired) electrons. The number of amides is 1. The quantitative estimate of drug-likeness (QED) is 0.741. The Morgan fingerprint density at radius 3 is 2.47 bits per heavy atom. The lowest BCUT2D eigenvalue weighted by atomic mass is 10.2. The van der Waals surface area contributed by atoms with Crippen molar-refractivity contribution in [2.45, 2.75) is 13.8 Å². The molecule has 0 saturated carbocycles. The van der Waals surface area contributed by atoms with E-state index >= 15 is 0 Å². The summed E-state index contributed by atoms with van der Waals surface area (Å²) in [7, 11) is 0. The van der Waals surface area contributed by atoms with Gasteiger partial charge in [0, 0.05) is 12.0 Å².